The summed E-state index contributed by atoms with van der Waals surface area (Å²) in [6, 6.07) is 22.4. The van der Waals surface area contributed by atoms with Crippen LogP contribution in [0, 0.1) is 0 Å². The van der Waals surface area contributed by atoms with Crippen molar-refractivity contribution in [3.05, 3.63) is 71.8 Å². The molecule has 0 bridgehead atoms. The molecule has 0 saturated heterocycles. The molecule has 2 nitrogen and oxygen atoms in total. The normalized spacial score (nSPS) is 12.2. The molecule has 0 saturated carbocycles. The quantitative estimate of drug-likeness (QED) is 0.184. The number of unbranched alkanes of at least 4 members (excludes halogenated alkanes) is 6. The molecule has 0 radical (unpaired) electrons. The number of fused-ring (bicyclic) bond motifs is 7. The van der Waals surface area contributed by atoms with Crippen molar-refractivity contribution in [1.82, 2.24) is 0 Å². The maximum absolute atomic E-state index is 6.39. The van der Waals surface area contributed by atoms with Gasteiger partial charge in [0.1, 0.15) is 22.3 Å². The van der Waals surface area contributed by atoms with Crippen molar-refractivity contribution in [1.29, 1.82) is 0 Å². The van der Waals surface area contributed by atoms with E-state index in [9.17, 15) is 0 Å². The Morgan fingerprint density at radius 2 is 1.00 bits per heavy atom. The molecule has 4 aromatic carbocycles. The van der Waals surface area contributed by atoms with Crippen molar-refractivity contribution >= 4 is 54.6 Å². The highest BCUT2D eigenvalue weighted by molar-refractivity contribution is 6.16. The van der Waals surface area contributed by atoms with Crippen LogP contribution in [0.5, 0.6) is 0 Å². The van der Waals surface area contributed by atoms with E-state index in [1.54, 1.807) is 0 Å². The summed E-state index contributed by atoms with van der Waals surface area (Å²) < 4.78 is 12.7. The summed E-state index contributed by atoms with van der Waals surface area (Å²) in [7, 11) is 0. The Bertz CT molecular complexity index is 1660. The first-order valence-electron chi connectivity index (χ1n) is 14.0. The molecule has 0 N–H and O–H groups in total. The van der Waals surface area contributed by atoms with E-state index in [1.165, 1.54) is 84.0 Å². The Morgan fingerprint density at radius 3 is 1.69 bits per heavy atom. The summed E-state index contributed by atoms with van der Waals surface area (Å²) in [4.78, 5) is 0. The van der Waals surface area contributed by atoms with E-state index in [-0.39, 0.29) is 0 Å². The fourth-order valence-electron chi connectivity index (χ4n) is 5.71. The van der Waals surface area contributed by atoms with Crippen LogP contribution >= 0.6 is 0 Å². The van der Waals surface area contributed by atoms with Gasteiger partial charge in [-0.3, -0.25) is 0 Å². The summed E-state index contributed by atoms with van der Waals surface area (Å²) in [6.45, 7) is 4.53. The van der Waals surface area contributed by atoms with E-state index in [2.05, 4.69) is 74.5 Å². The first-order chi connectivity index (χ1) is 17.7. The smallest absolute Gasteiger partial charge is 0.136 e. The summed E-state index contributed by atoms with van der Waals surface area (Å²) in [5.74, 6) is 0. The minimum atomic E-state index is 0.934. The zero-order valence-corrected chi connectivity index (χ0v) is 21.7. The molecule has 2 heterocycles. The SMILES string of the molecule is CCCCCCc1ccc2cc3oc4cc5c(cc4c3cc2c1)oc1ccc(CCCCCC)cc15. The molecule has 36 heavy (non-hydrogen) atoms. The number of benzene rings is 4. The van der Waals surface area contributed by atoms with Gasteiger partial charge in [0, 0.05) is 21.5 Å². The highest BCUT2D eigenvalue weighted by Gasteiger charge is 2.14. The highest BCUT2D eigenvalue weighted by atomic mass is 16.3. The summed E-state index contributed by atoms with van der Waals surface area (Å²) in [5.41, 5.74) is 6.59. The maximum Gasteiger partial charge on any atom is 0.136 e. The lowest BCUT2D eigenvalue weighted by molar-refractivity contribution is 0.662. The predicted molar refractivity (Wildman–Crippen MR) is 154 cm³/mol. The Balaban J connectivity index is 1.38. The van der Waals surface area contributed by atoms with Crippen molar-refractivity contribution in [2.75, 3.05) is 0 Å². The largest absolute Gasteiger partial charge is 0.456 e. The Hall–Kier alpha value is -3.26. The van der Waals surface area contributed by atoms with Gasteiger partial charge in [0.2, 0.25) is 0 Å². The lowest BCUT2D eigenvalue weighted by atomic mass is 10.00. The van der Waals surface area contributed by atoms with Gasteiger partial charge in [0.05, 0.1) is 0 Å². The van der Waals surface area contributed by atoms with Gasteiger partial charge in [-0.1, -0.05) is 76.6 Å². The number of furan rings is 2. The lowest BCUT2D eigenvalue weighted by Gasteiger charge is -2.04. The molecule has 0 unspecified atom stereocenters. The first kappa shape index (κ1) is 23.2. The monoisotopic (exact) mass is 476 g/mol. The van der Waals surface area contributed by atoms with Gasteiger partial charge < -0.3 is 8.83 Å². The molecule has 0 amide bonds. The van der Waals surface area contributed by atoms with Gasteiger partial charge in [-0.05, 0) is 84.0 Å². The Morgan fingerprint density at radius 1 is 0.444 bits per heavy atom. The molecule has 6 aromatic rings. The van der Waals surface area contributed by atoms with Crippen LogP contribution in [-0.4, -0.2) is 0 Å². The van der Waals surface area contributed by atoms with Crippen LogP contribution in [0.1, 0.15) is 76.3 Å². The summed E-state index contributed by atoms with van der Waals surface area (Å²) in [5, 5.41) is 7.16. The Labute approximate surface area is 213 Å². The standard InChI is InChI=1S/C34H36O2/c1-3-5-7-9-11-23-13-15-25-20-32-28(19-26(25)17-23)30-22-33-29(21-34(30)36-32)27-18-24(12-10-8-6-4-2)14-16-31(27)35-33/h13-22H,3-12H2,1-2H3. The maximum atomic E-state index is 6.39. The third kappa shape index (κ3) is 4.39. The van der Waals surface area contributed by atoms with Gasteiger partial charge in [-0.25, -0.2) is 0 Å². The van der Waals surface area contributed by atoms with Gasteiger partial charge in [-0.15, -0.1) is 0 Å². The third-order valence-corrected chi connectivity index (χ3v) is 7.79. The van der Waals surface area contributed by atoms with Crippen LogP contribution in [0.3, 0.4) is 0 Å². The van der Waals surface area contributed by atoms with E-state index in [0.29, 0.717) is 0 Å². The molecule has 0 aliphatic carbocycles. The third-order valence-electron chi connectivity index (χ3n) is 7.79. The van der Waals surface area contributed by atoms with Crippen LogP contribution in [-0.2, 0) is 12.8 Å². The molecule has 0 atom stereocenters. The minimum Gasteiger partial charge on any atom is -0.456 e. The molecule has 2 aromatic heterocycles. The number of aryl methyl sites for hydroxylation is 2. The van der Waals surface area contributed by atoms with Gasteiger partial charge in [-0.2, -0.15) is 0 Å². The van der Waals surface area contributed by atoms with Crippen LogP contribution in [0.4, 0.5) is 0 Å². The van der Waals surface area contributed by atoms with E-state index in [0.717, 1.165) is 45.9 Å². The molecule has 0 spiro atoms. The average Bonchev–Trinajstić information content (AvgIpc) is 3.42. The van der Waals surface area contributed by atoms with E-state index >= 15 is 0 Å². The van der Waals surface area contributed by atoms with Crippen molar-refractivity contribution in [3.8, 4) is 0 Å². The topological polar surface area (TPSA) is 26.3 Å². The van der Waals surface area contributed by atoms with Crippen molar-refractivity contribution in [2.45, 2.75) is 78.1 Å². The fourth-order valence-corrected chi connectivity index (χ4v) is 5.71. The predicted octanol–water partition coefficient (Wildman–Crippen LogP) is 10.9. The molecular formula is C34H36O2. The molecule has 184 valence electrons. The van der Waals surface area contributed by atoms with Crippen LogP contribution in [0.25, 0.3) is 54.6 Å². The summed E-state index contributed by atoms with van der Waals surface area (Å²) >= 11 is 0. The van der Waals surface area contributed by atoms with E-state index in [1.807, 2.05) is 0 Å². The minimum absolute atomic E-state index is 0.934. The molecule has 0 aliphatic heterocycles. The summed E-state index contributed by atoms with van der Waals surface area (Å²) in [6.07, 6.45) is 12.6. The van der Waals surface area contributed by atoms with Gasteiger partial charge >= 0.3 is 0 Å². The van der Waals surface area contributed by atoms with Crippen LogP contribution in [0.2, 0.25) is 0 Å². The molecular weight excluding hydrogens is 440 g/mol. The lowest BCUT2D eigenvalue weighted by Crippen LogP contribution is -1.86. The fraction of sp³-hybridized carbons (Fsp3) is 0.353. The Kier molecular flexibility index (Phi) is 6.44. The zero-order chi connectivity index (χ0) is 24.5. The van der Waals surface area contributed by atoms with Crippen molar-refractivity contribution in [3.63, 3.8) is 0 Å². The molecule has 2 heteroatoms. The number of hydrogen-bond donors (Lipinski definition) is 0. The second-order valence-corrected chi connectivity index (χ2v) is 10.5. The van der Waals surface area contributed by atoms with E-state index < -0.39 is 0 Å². The van der Waals surface area contributed by atoms with E-state index in [4.69, 9.17) is 8.83 Å². The highest BCUT2D eigenvalue weighted by Crippen LogP contribution is 2.38. The molecule has 0 fully saturated rings. The van der Waals surface area contributed by atoms with Crippen molar-refractivity contribution < 1.29 is 8.83 Å². The van der Waals surface area contributed by atoms with Gasteiger partial charge in [0.15, 0.2) is 0 Å². The average molecular weight is 477 g/mol. The van der Waals surface area contributed by atoms with Gasteiger partial charge in [0.25, 0.3) is 0 Å². The number of hydrogen-bond acceptors (Lipinski definition) is 2. The molecule has 0 aliphatic rings. The van der Waals surface area contributed by atoms with Crippen LogP contribution < -0.4 is 0 Å². The second kappa shape index (κ2) is 10.0. The van der Waals surface area contributed by atoms with Crippen LogP contribution in [0.15, 0.2) is 69.5 Å². The number of rotatable bonds is 10. The van der Waals surface area contributed by atoms with Crippen molar-refractivity contribution in [2.24, 2.45) is 0 Å². The molecule has 6 rings (SSSR count). The first-order valence-corrected chi connectivity index (χ1v) is 14.0. The second-order valence-electron chi connectivity index (χ2n) is 10.5. The zero-order valence-electron chi connectivity index (χ0n) is 21.7.